The van der Waals surface area contributed by atoms with Gasteiger partial charge in [0.05, 0.1) is 17.4 Å². The van der Waals surface area contributed by atoms with Crippen LogP contribution in [0.4, 0.5) is 17.6 Å². The number of hydrogen-bond acceptors (Lipinski definition) is 6. The maximum atomic E-state index is 13.7. The van der Waals surface area contributed by atoms with E-state index >= 15 is 0 Å². The molecule has 1 saturated heterocycles. The molecule has 11 heteroatoms. The fourth-order valence-electron chi connectivity index (χ4n) is 3.66. The number of hydrogen-bond donors (Lipinski definition) is 0. The zero-order chi connectivity index (χ0) is 24.3. The van der Waals surface area contributed by atoms with Crippen LogP contribution in [0.3, 0.4) is 0 Å². The molecule has 1 aromatic heterocycles. The molecule has 1 unspecified atom stereocenters. The quantitative estimate of drug-likeness (QED) is 0.359. The van der Waals surface area contributed by atoms with Crippen LogP contribution in [-0.2, 0) is 11.0 Å². The Morgan fingerprint density at radius 1 is 1.12 bits per heavy atom. The van der Waals surface area contributed by atoms with Crippen molar-refractivity contribution >= 4 is 17.7 Å². The van der Waals surface area contributed by atoms with E-state index in [0.717, 1.165) is 12.1 Å². The molecular formula is C23H22F4N4O2S. The van der Waals surface area contributed by atoms with Gasteiger partial charge in [-0.25, -0.2) is 4.39 Å². The highest BCUT2D eigenvalue weighted by molar-refractivity contribution is 8.00. The molecule has 0 saturated carbocycles. The summed E-state index contributed by atoms with van der Waals surface area (Å²) in [5.41, 5.74) is -0.557. The van der Waals surface area contributed by atoms with Crippen molar-refractivity contribution < 1.29 is 26.9 Å². The van der Waals surface area contributed by atoms with Gasteiger partial charge in [0.25, 0.3) is 0 Å². The number of thioether (sulfide) groups is 1. The predicted octanol–water partition coefficient (Wildman–Crippen LogP) is 4.89. The molecule has 0 N–H and O–H groups in total. The summed E-state index contributed by atoms with van der Waals surface area (Å²) in [7, 11) is 0. The molecule has 0 bridgehead atoms. The summed E-state index contributed by atoms with van der Waals surface area (Å²) in [4.78, 5) is 21.1. The number of carbonyl (C=O) groups excluding carboxylic acids is 1. The van der Waals surface area contributed by atoms with E-state index in [1.54, 1.807) is 23.1 Å². The van der Waals surface area contributed by atoms with Crippen LogP contribution in [0.25, 0.3) is 11.4 Å². The number of halogens is 4. The lowest BCUT2D eigenvalue weighted by Crippen LogP contribution is -2.49. The Morgan fingerprint density at radius 2 is 1.85 bits per heavy atom. The van der Waals surface area contributed by atoms with Crippen LogP contribution >= 0.6 is 11.8 Å². The standard InChI is InChI=1S/C23H22F4N4O2S/c1-15(22-28-21(29-33-22)16-5-4-6-17(13-16)23(25,26)27)30-9-11-31(12-10-30)20(32)14-34-19-8-3-2-7-18(19)24/h2-8,13,15H,9-12,14H2,1H3. The molecule has 1 amide bonds. The first-order valence-electron chi connectivity index (χ1n) is 10.6. The summed E-state index contributed by atoms with van der Waals surface area (Å²) < 4.78 is 58.0. The van der Waals surface area contributed by atoms with E-state index in [1.807, 2.05) is 6.92 Å². The second-order valence-corrected chi connectivity index (χ2v) is 8.86. The third-order valence-corrected chi connectivity index (χ3v) is 6.68. The van der Waals surface area contributed by atoms with Gasteiger partial charge in [0.1, 0.15) is 5.82 Å². The Hall–Kier alpha value is -2.92. The SMILES string of the molecule is CC(c1nc(-c2cccc(C(F)(F)F)c2)no1)N1CCN(C(=O)CSc2ccccc2F)CC1. The van der Waals surface area contributed by atoms with Crippen molar-refractivity contribution in [2.45, 2.75) is 24.0 Å². The number of amides is 1. The monoisotopic (exact) mass is 494 g/mol. The maximum Gasteiger partial charge on any atom is 0.416 e. The van der Waals surface area contributed by atoms with E-state index in [-0.39, 0.29) is 34.9 Å². The van der Waals surface area contributed by atoms with Crippen LogP contribution in [0.15, 0.2) is 57.9 Å². The number of alkyl halides is 3. The van der Waals surface area contributed by atoms with Gasteiger partial charge >= 0.3 is 6.18 Å². The highest BCUT2D eigenvalue weighted by Crippen LogP contribution is 2.32. The number of rotatable bonds is 6. The minimum atomic E-state index is -4.46. The van der Waals surface area contributed by atoms with Crippen LogP contribution in [-0.4, -0.2) is 57.8 Å². The summed E-state index contributed by atoms with van der Waals surface area (Å²) in [6, 6.07) is 10.9. The van der Waals surface area contributed by atoms with Crippen LogP contribution in [0.2, 0.25) is 0 Å². The van der Waals surface area contributed by atoms with Gasteiger partial charge in [-0.2, -0.15) is 18.2 Å². The van der Waals surface area contributed by atoms with Crippen molar-refractivity contribution in [3.05, 3.63) is 65.8 Å². The minimum Gasteiger partial charge on any atom is -0.339 e. The van der Waals surface area contributed by atoms with Gasteiger partial charge in [-0.15, -0.1) is 11.8 Å². The molecule has 180 valence electrons. The molecule has 1 aliphatic rings. The topological polar surface area (TPSA) is 62.5 Å². The van der Waals surface area contributed by atoms with Crippen LogP contribution in [0.1, 0.15) is 24.4 Å². The lowest BCUT2D eigenvalue weighted by atomic mass is 10.1. The zero-order valence-electron chi connectivity index (χ0n) is 18.3. The van der Waals surface area contributed by atoms with E-state index in [1.165, 1.54) is 30.0 Å². The minimum absolute atomic E-state index is 0.0646. The Labute approximate surface area is 197 Å². The van der Waals surface area contributed by atoms with Crippen LogP contribution < -0.4 is 0 Å². The molecule has 0 spiro atoms. The van der Waals surface area contributed by atoms with Crippen molar-refractivity contribution in [2.75, 3.05) is 31.9 Å². The van der Waals surface area contributed by atoms with Gasteiger partial charge in [-0.3, -0.25) is 9.69 Å². The molecule has 2 heterocycles. The summed E-state index contributed by atoms with van der Waals surface area (Å²) in [5, 5.41) is 3.85. The molecule has 1 aliphatic heterocycles. The number of nitrogens with zero attached hydrogens (tertiary/aromatic N) is 4. The lowest BCUT2D eigenvalue weighted by Gasteiger charge is -2.36. The molecule has 4 rings (SSSR count). The second kappa shape index (κ2) is 10.1. The van der Waals surface area contributed by atoms with Gasteiger partial charge in [-0.05, 0) is 31.2 Å². The van der Waals surface area contributed by atoms with Crippen molar-refractivity contribution in [3.63, 3.8) is 0 Å². The van der Waals surface area contributed by atoms with Crippen LogP contribution in [0, 0.1) is 5.82 Å². The van der Waals surface area contributed by atoms with Crippen molar-refractivity contribution in [1.29, 1.82) is 0 Å². The Bertz CT molecular complexity index is 1150. The van der Waals surface area contributed by atoms with Gasteiger partial charge in [0, 0.05) is 36.6 Å². The molecule has 0 radical (unpaired) electrons. The predicted molar refractivity (Wildman–Crippen MR) is 118 cm³/mol. The van der Waals surface area contributed by atoms with E-state index in [9.17, 15) is 22.4 Å². The van der Waals surface area contributed by atoms with Gasteiger partial charge in [0.2, 0.25) is 17.6 Å². The van der Waals surface area contributed by atoms with Crippen LogP contribution in [0.5, 0.6) is 0 Å². The Balaban J connectivity index is 1.32. The molecule has 0 aliphatic carbocycles. The highest BCUT2D eigenvalue weighted by atomic mass is 32.2. The molecule has 3 aromatic rings. The average molecular weight is 495 g/mol. The number of aromatic nitrogens is 2. The van der Waals surface area contributed by atoms with Gasteiger partial charge in [0.15, 0.2) is 0 Å². The molecule has 1 atom stereocenters. The molecular weight excluding hydrogens is 472 g/mol. The molecule has 2 aromatic carbocycles. The summed E-state index contributed by atoms with van der Waals surface area (Å²) in [5.74, 6) is 0.128. The van der Waals surface area contributed by atoms with Gasteiger partial charge < -0.3 is 9.42 Å². The third-order valence-electron chi connectivity index (χ3n) is 5.65. The fraction of sp³-hybridized carbons (Fsp3) is 0.348. The van der Waals surface area contributed by atoms with E-state index < -0.39 is 11.7 Å². The summed E-state index contributed by atoms with van der Waals surface area (Å²) >= 11 is 1.17. The number of piperazine rings is 1. The number of carbonyl (C=O) groups is 1. The second-order valence-electron chi connectivity index (χ2n) is 7.85. The fourth-order valence-corrected chi connectivity index (χ4v) is 4.51. The lowest BCUT2D eigenvalue weighted by molar-refractivity contribution is -0.137. The largest absolute Gasteiger partial charge is 0.416 e. The average Bonchev–Trinajstić information content (AvgIpc) is 3.33. The van der Waals surface area contributed by atoms with Crippen molar-refractivity contribution in [3.8, 4) is 11.4 Å². The van der Waals surface area contributed by atoms with Crippen molar-refractivity contribution in [2.24, 2.45) is 0 Å². The zero-order valence-corrected chi connectivity index (χ0v) is 19.1. The van der Waals surface area contributed by atoms with Gasteiger partial charge in [-0.1, -0.05) is 29.4 Å². The molecule has 6 nitrogen and oxygen atoms in total. The molecule has 1 fully saturated rings. The van der Waals surface area contributed by atoms with Crippen molar-refractivity contribution in [1.82, 2.24) is 19.9 Å². The Kier molecular flexibility index (Phi) is 7.22. The molecule has 34 heavy (non-hydrogen) atoms. The van der Waals surface area contributed by atoms with E-state index in [4.69, 9.17) is 4.52 Å². The summed E-state index contributed by atoms with van der Waals surface area (Å²) in [6.07, 6.45) is -4.46. The van der Waals surface area contributed by atoms with E-state index in [2.05, 4.69) is 15.0 Å². The maximum absolute atomic E-state index is 13.7. The first kappa shape index (κ1) is 24.2. The Morgan fingerprint density at radius 3 is 2.56 bits per heavy atom. The summed E-state index contributed by atoms with van der Waals surface area (Å²) in [6.45, 7) is 4.00. The first-order chi connectivity index (χ1) is 16.2. The normalized spacial score (nSPS) is 16.0. The smallest absolute Gasteiger partial charge is 0.339 e. The number of benzene rings is 2. The van der Waals surface area contributed by atoms with E-state index in [0.29, 0.717) is 37.0 Å². The third kappa shape index (κ3) is 5.58. The first-order valence-corrected chi connectivity index (χ1v) is 11.6. The highest BCUT2D eigenvalue weighted by Gasteiger charge is 2.31.